The average molecular weight is 695 g/mol. The number of hydrogen-bond acceptors (Lipinski definition) is 2. The lowest BCUT2D eigenvalue weighted by Crippen LogP contribution is -2.11. The monoisotopic (exact) mass is 694 g/mol. The molecule has 0 aliphatic heterocycles. The summed E-state index contributed by atoms with van der Waals surface area (Å²) in [6.45, 7) is 13.2. The van der Waals surface area contributed by atoms with Crippen LogP contribution in [0.1, 0.15) is 107 Å². The van der Waals surface area contributed by atoms with E-state index in [1.165, 1.54) is 11.1 Å². The first-order chi connectivity index (χ1) is 25.9. The Morgan fingerprint density at radius 3 is 1.15 bits per heavy atom. The third kappa shape index (κ3) is 5.30. The molecule has 0 atom stereocenters. The highest BCUT2D eigenvalue weighted by Gasteiger charge is 2.32. The van der Waals surface area contributed by atoms with Crippen LogP contribution in [-0.4, -0.2) is 11.6 Å². The molecule has 258 valence electrons. The van der Waals surface area contributed by atoms with Crippen LogP contribution in [0.4, 0.5) is 0 Å². The van der Waals surface area contributed by atoms with Crippen LogP contribution in [0, 0.1) is 23.7 Å². The maximum atomic E-state index is 14.0. The second-order valence-electron chi connectivity index (χ2n) is 16.5. The molecule has 0 unspecified atom stereocenters. The van der Waals surface area contributed by atoms with Crippen molar-refractivity contribution in [3.05, 3.63) is 177 Å². The molecule has 2 aliphatic rings. The minimum Gasteiger partial charge on any atom is -0.289 e. The third-order valence-corrected chi connectivity index (χ3v) is 11.0. The van der Waals surface area contributed by atoms with Gasteiger partial charge in [0.2, 0.25) is 0 Å². The highest BCUT2D eigenvalue weighted by atomic mass is 16.1. The van der Waals surface area contributed by atoms with Crippen LogP contribution in [-0.2, 0) is 10.8 Å². The molecule has 9 rings (SSSR count). The van der Waals surface area contributed by atoms with Crippen LogP contribution in [0.25, 0.3) is 43.8 Å². The molecule has 0 saturated heterocycles. The molecule has 0 radical (unpaired) electrons. The Hall–Kier alpha value is -6.48. The quantitative estimate of drug-likeness (QED) is 0.148. The van der Waals surface area contributed by atoms with Crippen LogP contribution in [0.15, 0.2) is 121 Å². The van der Waals surface area contributed by atoms with Crippen molar-refractivity contribution >= 4 is 33.1 Å². The van der Waals surface area contributed by atoms with E-state index in [-0.39, 0.29) is 22.4 Å². The Balaban J connectivity index is 1.24. The van der Waals surface area contributed by atoms with E-state index < -0.39 is 0 Å². The molecule has 2 heteroatoms. The SMILES string of the molecule is CC(C)(C)c1ccc2cc3c(c(C#Cc4ccccc4C#Cc4c5c(cc6ccc(C(C)(C)C)cc46)-c4ccccc4C5=O)c2c1)C(=O)c1ccccc1-3. The van der Waals surface area contributed by atoms with Gasteiger partial charge in [-0.2, -0.15) is 0 Å². The molecule has 7 aromatic rings. The lowest BCUT2D eigenvalue weighted by atomic mass is 9.84. The van der Waals surface area contributed by atoms with Gasteiger partial charge in [-0.1, -0.05) is 150 Å². The molecule has 54 heavy (non-hydrogen) atoms. The maximum Gasteiger partial charge on any atom is 0.195 e. The molecular formula is C52H38O2. The molecule has 0 bridgehead atoms. The van der Waals surface area contributed by atoms with Crippen molar-refractivity contribution in [2.45, 2.75) is 52.4 Å². The zero-order chi connectivity index (χ0) is 37.5. The van der Waals surface area contributed by atoms with Crippen molar-refractivity contribution in [1.29, 1.82) is 0 Å². The van der Waals surface area contributed by atoms with Gasteiger partial charge in [-0.15, -0.1) is 0 Å². The summed E-state index contributed by atoms with van der Waals surface area (Å²) < 4.78 is 0. The van der Waals surface area contributed by atoms with Crippen molar-refractivity contribution < 1.29 is 9.59 Å². The fourth-order valence-corrected chi connectivity index (χ4v) is 7.94. The number of fused-ring (bicyclic) bond motifs is 8. The van der Waals surface area contributed by atoms with Gasteiger partial charge in [0.05, 0.1) is 0 Å². The van der Waals surface area contributed by atoms with E-state index in [0.717, 1.165) is 66.1 Å². The zero-order valence-electron chi connectivity index (χ0n) is 31.4. The van der Waals surface area contributed by atoms with E-state index in [4.69, 9.17) is 0 Å². The fourth-order valence-electron chi connectivity index (χ4n) is 7.94. The zero-order valence-corrected chi connectivity index (χ0v) is 31.4. The predicted molar refractivity (Wildman–Crippen MR) is 221 cm³/mol. The van der Waals surface area contributed by atoms with Crippen LogP contribution in [0.2, 0.25) is 0 Å². The lowest BCUT2D eigenvalue weighted by Gasteiger charge is -2.20. The Bertz CT molecular complexity index is 2730. The van der Waals surface area contributed by atoms with Gasteiger partial charge in [-0.25, -0.2) is 0 Å². The first-order valence-corrected chi connectivity index (χ1v) is 18.5. The first kappa shape index (κ1) is 33.4. The van der Waals surface area contributed by atoms with Crippen molar-refractivity contribution in [2.75, 3.05) is 0 Å². The molecular weight excluding hydrogens is 657 g/mol. The Morgan fingerprint density at radius 2 is 0.759 bits per heavy atom. The van der Waals surface area contributed by atoms with Crippen LogP contribution < -0.4 is 0 Å². The van der Waals surface area contributed by atoms with Gasteiger partial charge in [-0.05, 0) is 102 Å². The summed E-state index contributed by atoms with van der Waals surface area (Å²) in [7, 11) is 0. The van der Waals surface area contributed by atoms with E-state index in [9.17, 15) is 9.59 Å². The van der Waals surface area contributed by atoms with Crippen molar-refractivity contribution in [3.63, 3.8) is 0 Å². The van der Waals surface area contributed by atoms with Gasteiger partial charge >= 0.3 is 0 Å². The largest absolute Gasteiger partial charge is 0.289 e. The Morgan fingerprint density at radius 1 is 0.389 bits per heavy atom. The maximum absolute atomic E-state index is 14.0. The van der Waals surface area contributed by atoms with Crippen LogP contribution >= 0.6 is 0 Å². The van der Waals surface area contributed by atoms with Gasteiger partial charge in [0.25, 0.3) is 0 Å². The molecule has 0 aromatic heterocycles. The number of carbonyl (C=O) groups excluding carboxylic acids is 2. The van der Waals surface area contributed by atoms with Crippen LogP contribution in [0.5, 0.6) is 0 Å². The molecule has 0 amide bonds. The second kappa shape index (κ2) is 12.0. The van der Waals surface area contributed by atoms with Crippen LogP contribution in [0.3, 0.4) is 0 Å². The highest BCUT2D eigenvalue weighted by molar-refractivity contribution is 6.26. The third-order valence-electron chi connectivity index (χ3n) is 11.0. The molecule has 0 saturated carbocycles. The summed E-state index contributed by atoms with van der Waals surface area (Å²) >= 11 is 0. The summed E-state index contributed by atoms with van der Waals surface area (Å²) in [6, 6.07) is 40.9. The number of hydrogen-bond donors (Lipinski definition) is 0. The Labute approximate surface area is 316 Å². The molecule has 0 spiro atoms. The van der Waals surface area contributed by atoms with E-state index in [2.05, 4.69) is 114 Å². The molecule has 7 aromatic carbocycles. The van der Waals surface area contributed by atoms with Crippen molar-refractivity contribution in [1.82, 2.24) is 0 Å². The fraction of sp³-hybridized carbons (Fsp3) is 0.154. The van der Waals surface area contributed by atoms with Gasteiger partial charge < -0.3 is 0 Å². The first-order valence-electron chi connectivity index (χ1n) is 18.5. The van der Waals surface area contributed by atoms with E-state index in [1.807, 2.05) is 72.8 Å². The lowest BCUT2D eigenvalue weighted by molar-refractivity contribution is 0.103. The predicted octanol–water partition coefficient (Wildman–Crippen LogP) is 11.8. The topological polar surface area (TPSA) is 34.1 Å². The number of benzene rings is 7. The molecule has 2 nitrogen and oxygen atoms in total. The average Bonchev–Trinajstić information content (AvgIpc) is 3.61. The molecule has 0 heterocycles. The smallest absolute Gasteiger partial charge is 0.195 e. The van der Waals surface area contributed by atoms with Crippen molar-refractivity contribution in [3.8, 4) is 45.9 Å². The Kier molecular flexibility index (Phi) is 7.43. The molecule has 2 aliphatic carbocycles. The highest BCUT2D eigenvalue weighted by Crippen LogP contribution is 2.44. The van der Waals surface area contributed by atoms with Gasteiger partial charge in [0.1, 0.15) is 0 Å². The van der Waals surface area contributed by atoms with Crippen molar-refractivity contribution in [2.24, 2.45) is 0 Å². The van der Waals surface area contributed by atoms with E-state index in [1.54, 1.807) is 0 Å². The normalized spacial score (nSPS) is 12.8. The minimum absolute atomic E-state index is 0.00568. The number of carbonyl (C=O) groups is 2. The van der Waals surface area contributed by atoms with Gasteiger partial charge in [0.15, 0.2) is 11.6 Å². The summed E-state index contributed by atoms with van der Waals surface area (Å²) in [5.74, 6) is 14.0. The van der Waals surface area contributed by atoms with E-state index >= 15 is 0 Å². The molecule has 0 N–H and O–H groups in total. The van der Waals surface area contributed by atoms with Gasteiger partial charge in [-0.3, -0.25) is 9.59 Å². The summed E-state index contributed by atoms with van der Waals surface area (Å²) in [5.41, 5.74) is 11.7. The summed E-state index contributed by atoms with van der Waals surface area (Å²) in [6.07, 6.45) is 0. The van der Waals surface area contributed by atoms with Gasteiger partial charge in [0, 0.05) is 44.5 Å². The number of rotatable bonds is 0. The second-order valence-corrected chi connectivity index (χ2v) is 16.5. The summed E-state index contributed by atoms with van der Waals surface area (Å²) in [4.78, 5) is 28.1. The molecule has 0 fully saturated rings. The number of ketones is 2. The minimum atomic E-state index is -0.0781. The van der Waals surface area contributed by atoms with E-state index in [0.29, 0.717) is 22.3 Å². The summed E-state index contributed by atoms with van der Waals surface area (Å²) in [5, 5.41) is 4.04. The standard InChI is InChI=1S/C52H38O2/c1-51(2,3)35-23-19-33-27-45-37-15-9-11-17-41(37)49(53)47(45)39(43(33)29-35)25-21-31-13-7-8-14-32(31)22-26-40-44-30-36(52(4,5)6)24-20-34(44)28-46-38-16-10-12-18-42(38)50(54)48(40)46/h7-20,23-24,27-30H,1-6H3.